The zero-order chi connectivity index (χ0) is 20.6. The molecular formula is C22H36N2O5. The summed E-state index contributed by atoms with van der Waals surface area (Å²) in [5.41, 5.74) is 0. The second-order valence-electron chi connectivity index (χ2n) is 7.48. The molecule has 7 nitrogen and oxygen atoms in total. The highest BCUT2D eigenvalue weighted by molar-refractivity contribution is 5.67. The van der Waals surface area contributed by atoms with E-state index < -0.39 is 0 Å². The number of hydrogen-bond acceptors (Lipinski definition) is 5. The fourth-order valence-corrected chi connectivity index (χ4v) is 3.43. The molecule has 0 aliphatic heterocycles. The summed E-state index contributed by atoms with van der Waals surface area (Å²) in [7, 11) is 0. The molecule has 2 unspecified atom stereocenters. The molecule has 0 saturated heterocycles. The van der Waals surface area contributed by atoms with Crippen LogP contribution >= 0.6 is 0 Å². The quantitative estimate of drug-likeness (QED) is 0.464. The van der Waals surface area contributed by atoms with E-state index in [0.29, 0.717) is 26.3 Å². The van der Waals surface area contributed by atoms with Crippen molar-refractivity contribution in [3.05, 3.63) is 24.3 Å². The first kappa shape index (κ1) is 23.3. The summed E-state index contributed by atoms with van der Waals surface area (Å²) in [5, 5.41) is 5.42. The molecule has 2 amide bonds. The Morgan fingerprint density at radius 1 is 0.690 bits per heavy atom. The van der Waals surface area contributed by atoms with Crippen molar-refractivity contribution < 1.29 is 23.8 Å². The normalized spacial score (nSPS) is 24.7. The largest absolute Gasteiger partial charge is 0.446 e. The molecule has 0 aromatic heterocycles. The zero-order valence-electron chi connectivity index (χ0n) is 17.4. The molecule has 2 aliphatic rings. The van der Waals surface area contributed by atoms with Crippen molar-refractivity contribution in [1.29, 1.82) is 0 Å². The first-order valence-corrected chi connectivity index (χ1v) is 11.0. The third-order valence-corrected chi connectivity index (χ3v) is 5.02. The van der Waals surface area contributed by atoms with Crippen LogP contribution in [0.5, 0.6) is 0 Å². The lowest BCUT2D eigenvalue weighted by Crippen LogP contribution is -2.33. The summed E-state index contributed by atoms with van der Waals surface area (Å²) >= 11 is 0. The lowest BCUT2D eigenvalue weighted by molar-refractivity contribution is 0.0777. The van der Waals surface area contributed by atoms with E-state index in [1.807, 2.05) is 0 Å². The third kappa shape index (κ3) is 11.5. The molecule has 7 heteroatoms. The van der Waals surface area contributed by atoms with Gasteiger partial charge in [-0.2, -0.15) is 0 Å². The predicted octanol–water partition coefficient (Wildman–Crippen LogP) is 4.23. The van der Waals surface area contributed by atoms with Crippen LogP contribution in [0.15, 0.2) is 24.3 Å². The highest BCUT2D eigenvalue weighted by atomic mass is 16.6. The average molecular weight is 409 g/mol. The minimum absolute atomic E-state index is 0.00931. The molecule has 0 radical (unpaired) electrons. The Morgan fingerprint density at radius 3 is 1.62 bits per heavy atom. The summed E-state index contributed by atoms with van der Waals surface area (Å²) in [5.74, 6) is 0. The van der Waals surface area contributed by atoms with Gasteiger partial charge in [0.15, 0.2) is 0 Å². The van der Waals surface area contributed by atoms with Crippen molar-refractivity contribution >= 4 is 12.2 Å². The van der Waals surface area contributed by atoms with Gasteiger partial charge in [0.1, 0.15) is 12.2 Å². The number of carbonyl (C=O) groups is 2. The topological polar surface area (TPSA) is 85.9 Å². The van der Waals surface area contributed by atoms with Gasteiger partial charge < -0.3 is 24.8 Å². The van der Waals surface area contributed by atoms with Gasteiger partial charge in [-0.25, -0.2) is 9.59 Å². The first-order valence-electron chi connectivity index (χ1n) is 11.0. The SMILES string of the molecule is O=C(NCCOCCNC(=O)OC1CC/C=C\CCC1)OC1CC/C=C\CCC1. The molecule has 0 spiro atoms. The summed E-state index contributed by atoms with van der Waals surface area (Å²) in [6, 6.07) is 0. The number of nitrogens with one attached hydrogen (secondary N) is 2. The minimum atomic E-state index is -0.390. The zero-order valence-corrected chi connectivity index (χ0v) is 17.4. The van der Waals surface area contributed by atoms with Crippen molar-refractivity contribution in [2.75, 3.05) is 26.3 Å². The van der Waals surface area contributed by atoms with Gasteiger partial charge in [-0.05, 0) is 64.2 Å². The van der Waals surface area contributed by atoms with Crippen LogP contribution < -0.4 is 10.6 Å². The summed E-state index contributed by atoms with van der Waals surface area (Å²) in [4.78, 5) is 23.7. The monoisotopic (exact) mass is 408 g/mol. The molecule has 2 atom stereocenters. The second kappa shape index (κ2) is 14.9. The molecule has 0 aromatic carbocycles. The Labute approximate surface area is 174 Å². The maximum absolute atomic E-state index is 11.8. The Balaban J connectivity index is 1.44. The molecular weight excluding hydrogens is 372 g/mol. The Bertz CT molecular complexity index is 489. The molecule has 29 heavy (non-hydrogen) atoms. The van der Waals surface area contributed by atoms with Gasteiger partial charge in [-0.1, -0.05) is 24.3 Å². The van der Waals surface area contributed by atoms with Crippen LogP contribution in [0.4, 0.5) is 9.59 Å². The molecule has 0 saturated carbocycles. The standard InChI is InChI=1S/C22H36N2O5/c25-21(28-19-11-7-3-1-4-8-12-19)23-15-17-27-18-16-24-22(26)29-20-13-9-5-2-6-10-14-20/h1-3,5,19-20H,4,6-18H2,(H,23,25)(H,24,26)/b3-1-,5-2-. The van der Waals surface area contributed by atoms with E-state index in [2.05, 4.69) is 34.9 Å². The number of hydrogen-bond donors (Lipinski definition) is 2. The van der Waals surface area contributed by atoms with Crippen LogP contribution in [0.25, 0.3) is 0 Å². The summed E-state index contributed by atoms with van der Waals surface area (Å²) in [6.45, 7) is 1.50. The van der Waals surface area contributed by atoms with Gasteiger partial charge in [-0.15, -0.1) is 0 Å². The third-order valence-electron chi connectivity index (χ3n) is 5.02. The Hall–Kier alpha value is -2.02. The number of amides is 2. The van der Waals surface area contributed by atoms with Gasteiger partial charge in [0, 0.05) is 13.1 Å². The van der Waals surface area contributed by atoms with Gasteiger partial charge >= 0.3 is 12.2 Å². The van der Waals surface area contributed by atoms with Crippen molar-refractivity contribution in [3.8, 4) is 0 Å². The van der Waals surface area contributed by atoms with Crippen molar-refractivity contribution in [2.24, 2.45) is 0 Å². The number of rotatable bonds is 8. The summed E-state index contributed by atoms with van der Waals surface area (Å²) in [6.07, 6.45) is 17.6. The molecule has 164 valence electrons. The van der Waals surface area contributed by atoms with Gasteiger partial charge in [0.05, 0.1) is 13.2 Å². The Kier molecular flexibility index (Phi) is 12.0. The number of ether oxygens (including phenoxy) is 3. The smallest absolute Gasteiger partial charge is 0.407 e. The molecule has 0 bridgehead atoms. The summed E-state index contributed by atoms with van der Waals surface area (Å²) < 4.78 is 16.3. The van der Waals surface area contributed by atoms with Crippen LogP contribution in [0, 0.1) is 0 Å². The number of carbonyl (C=O) groups excluding carboxylic acids is 2. The number of allylic oxidation sites excluding steroid dienone is 4. The highest BCUT2D eigenvalue weighted by Gasteiger charge is 2.15. The van der Waals surface area contributed by atoms with Crippen LogP contribution in [0.3, 0.4) is 0 Å². The van der Waals surface area contributed by atoms with Gasteiger partial charge in [0.2, 0.25) is 0 Å². The van der Waals surface area contributed by atoms with Gasteiger partial charge in [-0.3, -0.25) is 0 Å². The lowest BCUT2D eigenvalue weighted by atomic mass is 10.0. The fourth-order valence-electron chi connectivity index (χ4n) is 3.43. The van der Waals surface area contributed by atoms with E-state index >= 15 is 0 Å². The molecule has 2 N–H and O–H groups in total. The minimum Gasteiger partial charge on any atom is -0.446 e. The Morgan fingerprint density at radius 2 is 1.14 bits per heavy atom. The second-order valence-corrected chi connectivity index (χ2v) is 7.48. The van der Waals surface area contributed by atoms with E-state index in [1.54, 1.807) is 0 Å². The lowest BCUT2D eigenvalue weighted by Gasteiger charge is -2.19. The van der Waals surface area contributed by atoms with Crippen LogP contribution in [0.2, 0.25) is 0 Å². The molecule has 0 fully saturated rings. The van der Waals surface area contributed by atoms with Crippen LogP contribution in [0.1, 0.15) is 64.2 Å². The van der Waals surface area contributed by atoms with Gasteiger partial charge in [0.25, 0.3) is 0 Å². The first-order chi connectivity index (χ1) is 14.2. The van der Waals surface area contributed by atoms with Crippen molar-refractivity contribution in [3.63, 3.8) is 0 Å². The fraction of sp³-hybridized carbons (Fsp3) is 0.727. The molecule has 0 aromatic rings. The predicted molar refractivity (Wildman–Crippen MR) is 112 cm³/mol. The van der Waals surface area contributed by atoms with Crippen LogP contribution in [-0.2, 0) is 14.2 Å². The highest BCUT2D eigenvalue weighted by Crippen LogP contribution is 2.16. The van der Waals surface area contributed by atoms with Crippen LogP contribution in [-0.4, -0.2) is 50.7 Å². The van der Waals surface area contributed by atoms with Crippen molar-refractivity contribution in [2.45, 2.75) is 76.4 Å². The molecule has 2 aliphatic carbocycles. The van der Waals surface area contributed by atoms with E-state index in [4.69, 9.17) is 14.2 Å². The molecule has 0 heterocycles. The molecule has 2 rings (SSSR count). The van der Waals surface area contributed by atoms with E-state index in [9.17, 15) is 9.59 Å². The number of alkyl carbamates (subject to hydrolysis) is 2. The maximum atomic E-state index is 11.8. The maximum Gasteiger partial charge on any atom is 0.407 e. The average Bonchev–Trinajstić information content (AvgIpc) is 2.65. The van der Waals surface area contributed by atoms with Crippen molar-refractivity contribution in [1.82, 2.24) is 10.6 Å². The van der Waals surface area contributed by atoms with E-state index in [-0.39, 0.29) is 24.4 Å². The van der Waals surface area contributed by atoms with E-state index in [0.717, 1.165) is 64.2 Å². The van der Waals surface area contributed by atoms with E-state index in [1.165, 1.54) is 0 Å².